The van der Waals surface area contributed by atoms with Gasteiger partial charge < -0.3 is 15.8 Å². The molecule has 0 aliphatic rings. The van der Waals surface area contributed by atoms with Gasteiger partial charge in [0.05, 0.1) is 6.61 Å². The average molecular weight is 285 g/mol. The van der Waals surface area contributed by atoms with Gasteiger partial charge in [-0.25, -0.2) is 0 Å². The van der Waals surface area contributed by atoms with Gasteiger partial charge in [0.1, 0.15) is 5.75 Å². The van der Waals surface area contributed by atoms with Crippen LogP contribution in [0.2, 0.25) is 0 Å². The second-order valence-corrected chi connectivity index (χ2v) is 4.71. The third-order valence-electron chi connectivity index (χ3n) is 2.93. The lowest BCUT2D eigenvalue weighted by Gasteiger charge is -2.09. The Morgan fingerprint density at radius 3 is 2.81 bits per heavy atom. The maximum Gasteiger partial charge on any atom is 0.251 e. The molecular formula is C16H19N3O2. The molecule has 110 valence electrons. The number of nitrogens with zero attached hydrogens (tertiary/aromatic N) is 1. The van der Waals surface area contributed by atoms with Gasteiger partial charge in [-0.05, 0) is 37.6 Å². The lowest BCUT2D eigenvalue weighted by atomic mass is 10.1. The maximum atomic E-state index is 12.2. The highest BCUT2D eigenvalue weighted by Crippen LogP contribution is 2.19. The lowest BCUT2D eigenvalue weighted by Crippen LogP contribution is -2.23. The molecule has 0 unspecified atom stereocenters. The van der Waals surface area contributed by atoms with Gasteiger partial charge in [-0.2, -0.15) is 0 Å². The van der Waals surface area contributed by atoms with E-state index in [1.807, 2.05) is 26.0 Å². The van der Waals surface area contributed by atoms with E-state index in [1.165, 1.54) is 0 Å². The molecule has 5 heteroatoms. The Hall–Kier alpha value is -2.56. The first-order chi connectivity index (χ1) is 10.1. The van der Waals surface area contributed by atoms with E-state index in [9.17, 15) is 4.79 Å². The number of nitrogens with one attached hydrogen (secondary N) is 1. The van der Waals surface area contributed by atoms with Crippen LogP contribution < -0.4 is 15.8 Å². The summed E-state index contributed by atoms with van der Waals surface area (Å²) in [6.45, 7) is 4.75. The molecule has 0 aliphatic heterocycles. The summed E-state index contributed by atoms with van der Waals surface area (Å²) >= 11 is 0. The second-order valence-electron chi connectivity index (χ2n) is 4.71. The Balaban J connectivity index is 2.04. The van der Waals surface area contributed by atoms with Crippen LogP contribution in [0.4, 0.5) is 5.69 Å². The lowest BCUT2D eigenvalue weighted by molar-refractivity contribution is 0.0950. The van der Waals surface area contributed by atoms with E-state index < -0.39 is 0 Å². The standard InChI is InChI=1S/C16H19N3O2/c1-3-21-15-7-13(6-14(17)8-15)16(20)19-10-12-5-4-11(2)18-9-12/h4-9H,3,10,17H2,1-2H3,(H,19,20). The fraction of sp³-hybridized carbons (Fsp3) is 0.250. The Labute approximate surface area is 124 Å². The molecule has 2 rings (SSSR count). The number of carbonyl (C=O) groups excluding carboxylic acids is 1. The van der Waals surface area contributed by atoms with Gasteiger partial charge >= 0.3 is 0 Å². The summed E-state index contributed by atoms with van der Waals surface area (Å²) in [6, 6.07) is 8.86. The van der Waals surface area contributed by atoms with E-state index in [2.05, 4.69) is 10.3 Å². The minimum absolute atomic E-state index is 0.191. The van der Waals surface area contributed by atoms with Crippen molar-refractivity contribution in [3.05, 3.63) is 53.3 Å². The van der Waals surface area contributed by atoms with Crippen LogP contribution in [-0.4, -0.2) is 17.5 Å². The van der Waals surface area contributed by atoms with E-state index in [4.69, 9.17) is 10.5 Å². The third-order valence-corrected chi connectivity index (χ3v) is 2.93. The molecule has 3 N–H and O–H groups in total. The predicted octanol–water partition coefficient (Wildman–Crippen LogP) is 2.30. The monoisotopic (exact) mass is 285 g/mol. The highest BCUT2D eigenvalue weighted by atomic mass is 16.5. The molecule has 2 aromatic rings. The number of ether oxygens (including phenoxy) is 1. The predicted molar refractivity (Wildman–Crippen MR) is 82.2 cm³/mol. The summed E-state index contributed by atoms with van der Waals surface area (Å²) in [5.74, 6) is 0.406. The number of pyridine rings is 1. The summed E-state index contributed by atoms with van der Waals surface area (Å²) in [5.41, 5.74) is 8.66. The molecule has 0 bridgehead atoms. The average Bonchev–Trinajstić information content (AvgIpc) is 2.46. The van der Waals surface area contributed by atoms with Gasteiger partial charge in [0.15, 0.2) is 0 Å². The number of amides is 1. The second kappa shape index (κ2) is 6.74. The SMILES string of the molecule is CCOc1cc(N)cc(C(=O)NCc2ccc(C)nc2)c1. The zero-order valence-corrected chi connectivity index (χ0v) is 12.2. The number of hydrogen-bond acceptors (Lipinski definition) is 4. The number of nitrogen functional groups attached to an aromatic ring is 1. The first kappa shape index (κ1) is 14.8. The topological polar surface area (TPSA) is 77.2 Å². The van der Waals surface area contributed by atoms with Gasteiger partial charge in [0.25, 0.3) is 5.91 Å². The zero-order chi connectivity index (χ0) is 15.2. The van der Waals surface area contributed by atoms with Crippen molar-refractivity contribution in [3.63, 3.8) is 0 Å². The molecular weight excluding hydrogens is 266 g/mol. The smallest absolute Gasteiger partial charge is 0.251 e. The zero-order valence-electron chi connectivity index (χ0n) is 12.2. The molecule has 1 heterocycles. The number of aromatic nitrogens is 1. The highest BCUT2D eigenvalue weighted by Gasteiger charge is 2.08. The van der Waals surface area contributed by atoms with Crippen molar-refractivity contribution in [3.8, 4) is 5.75 Å². The summed E-state index contributed by atoms with van der Waals surface area (Å²) < 4.78 is 5.38. The fourth-order valence-corrected chi connectivity index (χ4v) is 1.89. The molecule has 0 saturated heterocycles. The Bertz CT molecular complexity index is 624. The van der Waals surface area contributed by atoms with Gasteiger partial charge in [0.2, 0.25) is 0 Å². The van der Waals surface area contributed by atoms with Crippen molar-refractivity contribution in [1.29, 1.82) is 0 Å². The van der Waals surface area contributed by atoms with E-state index in [-0.39, 0.29) is 5.91 Å². The largest absolute Gasteiger partial charge is 0.494 e. The summed E-state index contributed by atoms with van der Waals surface area (Å²) in [4.78, 5) is 16.3. The Morgan fingerprint density at radius 2 is 2.14 bits per heavy atom. The quantitative estimate of drug-likeness (QED) is 0.826. The van der Waals surface area contributed by atoms with Crippen molar-refractivity contribution in [2.45, 2.75) is 20.4 Å². The van der Waals surface area contributed by atoms with Crippen LogP contribution in [0.25, 0.3) is 0 Å². The molecule has 21 heavy (non-hydrogen) atoms. The van der Waals surface area contributed by atoms with Gasteiger partial charge in [0, 0.05) is 35.8 Å². The van der Waals surface area contributed by atoms with Crippen LogP contribution in [0.5, 0.6) is 5.75 Å². The van der Waals surface area contributed by atoms with Crippen LogP contribution >= 0.6 is 0 Å². The minimum Gasteiger partial charge on any atom is -0.494 e. The number of nitrogens with two attached hydrogens (primary N) is 1. The highest BCUT2D eigenvalue weighted by molar-refractivity contribution is 5.95. The molecule has 5 nitrogen and oxygen atoms in total. The van der Waals surface area contributed by atoms with E-state index >= 15 is 0 Å². The maximum absolute atomic E-state index is 12.2. The summed E-state index contributed by atoms with van der Waals surface area (Å²) in [5, 5.41) is 2.84. The van der Waals surface area contributed by atoms with Crippen molar-refractivity contribution in [2.24, 2.45) is 0 Å². The third kappa shape index (κ3) is 4.21. The minimum atomic E-state index is -0.191. The number of hydrogen-bond donors (Lipinski definition) is 2. The number of benzene rings is 1. The number of rotatable bonds is 5. The van der Waals surface area contributed by atoms with Gasteiger partial charge in [-0.3, -0.25) is 9.78 Å². The van der Waals surface area contributed by atoms with E-state index in [0.717, 1.165) is 11.3 Å². The normalized spacial score (nSPS) is 10.2. The van der Waals surface area contributed by atoms with Crippen LogP contribution in [0.3, 0.4) is 0 Å². The van der Waals surface area contributed by atoms with E-state index in [1.54, 1.807) is 24.4 Å². The Morgan fingerprint density at radius 1 is 1.33 bits per heavy atom. The molecule has 0 spiro atoms. The first-order valence-electron chi connectivity index (χ1n) is 6.81. The fourth-order valence-electron chi connectivity index (χ4n) is 1.89. The molecule has 0 saturated carbocycles. The van der Waals surface area contributed by atoms with Crippen molar-refractivity contribution >= 4 is 11.6 Å². The van der Waals surface area contributed by atoms with Crippen LogP contribution in [0.15, 0.2) is 36.5 Å². The Kier molecular flexibility index (Phi) is 4.77. The number of carbonyl (C=O) groups is 1. The van der Waals surface area contributed by atoms with Crippen LogP contribution in [-0.2, 0) is 6.54 Å². The molecule has 0 aliphatic carbocycles. The first-order valence-corrected chi connectivity index (χ1v) is 6.81. The molecule has 1 aromatic heterocycles. The van der Waals surface area contributed by atoms with Gasteiger partial charge in [-0.15, -0.1) is 0 Å². The van der Waals surface area contributed by atoms with Gasteiger partial charge in [-0.1, -0.05) is 6.07 Å². The van der Waals surface area contributed by atoms with Crippen LogP contribution in [0.1, 0.15) is 28.5 Å². The summed E-state index contributed by atoms with van der Waals surface area (Å²) in [6.07, 6.45) is 1.75. The van der Waals surface area contributed by atoms with E-state index in [0.29, 0.717) is 30.2 Å². The van der Waals surface area contributed by atoms with Crippen LogP contribution in [0, 0.1) is 6.92 Å². The summed E-state index contributed by atoms with van der Waals surface area (Å²) in [7, 11) is 0. The molecule has 0 fully saturated rings. The van der Waals surface area contributed by atoms with Crippen molar-refractivity contribution in [1.82, 2.24) is 10.3 Å². The molecule has 0 atom stereocenters. The molecule has 0 radical (unpaired) electrons. The number of aryl methyl sites for hydroxylation is 1. The molecule has 1 aromatic carbocycles. The number of anilines is 1. The van der Waals surface area contributed by atoms with Crippen molar-refractivity contribution in [2.75, 3.05) is 12.3 Å². The van der Waals surface area contributed by atoms with Crippen molar-refractivity contribution < 1.29 is 9.53 Å². The molecule has 1 amide bonds.